The predicted molar refractivity (Wildman–Crippen MR) is 139 cm³/mol. The third kappa shape index (κ3) is 4.96. The first kappa shape index (κ1) is 24.0. The van der Waals surface area contributed by atoms with Gasteiger partial charge in [-0.2, -0.15) is 5.26 Å². The number of anilines is 3. The number of fused-ring (bicyclic) bond motifs is 1. The summed E-state index contributed by atoms with van der Waals surface area (Å²) in [6.07, 6.45) is 2.42. The molecule has 1 unspecified atom stereocenters. The highest BCUT2D eigenvalue weighted by molar-refractivity contribution is 7.16. The van der Waals surface area contributed by atoms with Crippen molar-refractivity contribution in [2.24, 2.45) is 0 Å². The van der Waals surface area contributed by atoms with Crippen molar-refractivity contribution in [1.29, 1.82) is 5.26 Å². The zero-order valence-electron chi connectivity index (χ0n) is 20.3. The second-order valence-corrected chi connectivity index (χ2v) is 9.77. The minimum absolute atomic E-state index is 0.212. The fourth-order valence-electron chi connectivity index (χ4n) is 4.48. The van der Waals surface area contributed by atoms with E-state index in [2.05, 4.69) is 38.4 Å². The topological polar surface area (TPSA) is 119 Å². The molecule has 2 amide bonds. The lowest BCUT2D eigenvalue weighted by Crippen LogP contribution is -2.45. The van der Waals surface area contributed by atoms with Gasteiger partial charge in [-0.15, -0.1) is 0 Å². The van der Waals surface area contributed by atoms with E-state index in [1.165, 1.54) is 11.3 Å². The number of aromatic nitrogens is 3. The van der Waals surface area contributed by atoms with E-state index in [4.69, 9.17) is 14.7 Å². The van der Waals surface area contributed by atoms with Crippen LogP contribution in [0.1, 0.15) is 30.0 Å². The maximum atomic E-state index is 11.9. The lowest BCUT2D eigenvalue weighted by molar-refractivity contribution is 0.0984. The van der Waals surface area contributed by atoms with E-state index in [0.29, 0.717) is 42.7 Å². The van der Waals surface area contributed by atoms with Gasteiger partial charge < -0.3 is 25.2 Å². The molecule has 1 atom stereocenters. The molecule has 10 nitrogen and oxygen atoms in total. The molecule has 36 heavy (non-hydrogen) atoms. The number of nitrogens with one attached hydrogen (secondary N) is 2. The first-order valence-corrected chi connectivity index (χ1v) is 12.9. The number of amides is 2. The van der Waals surface area contributed by atoms with Gasteiger partial charge in [-0.05, 0) is 44.5 Å². The monoisotopic (exact) mass is 504 g/mol. The Kier molecular flexibility index (Phi) is 6.97. The molecule has 2 aromatic heterocycles. The van der Waals surface area contributed by atoms with E-state index in [0.717, 1.165) is 47.3 Å². The third-order valence-electron chi connectivity index (χ3n) is 6.30. The van der Waals surface area contributed by atoms with Gasteiger partial charge in [0.2, 0.25) is 0 Å². The highest BCUT2D eigenvalue weighted by atomic mass is 32.1. The van der Waals surface area contributed by atoms with Crippen molar-refractivity contribution < 1.29 is 9.53 Å². The van der Waals surface area contributed by atoms with Crippen molar-refractivity contribution in [1.82, 2.24) is 20.3 Å². The summed E-state index contributed by atoms with van der Waals surface area (Å²) in [6.45, 7) is 8.10. The summed E-state index contributed by atoms with van der Waals surface area (Å²) in [7, 11) is 0. The van der Waals surface area contributed by atoms with Gasteiger partial charge in [-0.25, -0.2) is 19.7 Å². The van der Waals surface area contributed by atoms with Crippen LogP contribution in [0.3, 0.4) is 0 Å². The molecule has 1 fully saturated rings. The number of urea groups is 1. The Labute approximate surface area is 213 Å². The molecule has 4 heterocycles. The Balaban J connectivity index is 1.49. The lowest BCUT2D eigenvalue weighted by Gasteiger charge is -2.37. The number of rotatable bonds is 5. The average Bonchev–Trinajstić information content (AvgIpc) is 3.38. The van der Waals surface area contributed by atoms with Gasteiger partial charge >= 0.3 is 6.03 Å². The summed E-state index contributed by atoms with van der Waals surface area (Å²) < 4.78 is 5.68. The molecule has 2 aliphatic rings. The Morgan fingerprint density at radius 1 is 1.28 bits per heavy atom. The standard InChI is InChI=1S/C25H28N8O2S/c1-3-27-24(34)29-18-6-4-17(5-7-18)22-30-21-14-32(25-28-13-19(12-26)36-25)9-8-20(21)23(31-22)33-10-11-35-15-16(33)2/h4-7,13,16H,3,8-11,14-15H2,1-2H3,(H2,27,29,34). The van der Waals surface area contributed by atoms with Crippen molar-refractivity contribution in [3.63, 3.8) is 0 Å². The molecule has 5 rings (SSSR count). The number of thiazole rings is 1. The van der Waals surface area contributed by atoms with Crippen molar-refractivity contribution in [2.75, 3.05) is 48.0 Å². The number of ether oxygens (including phenoxy) is 1. The number of carbonyl (C=O) groups is 1. The van der Waals surface area contributed by atoms with Crippen molar-refractivity contribution >= 4 is 34.0 Å². The first-order valence-electron chi connectivity index (χ1n) is 12.1. The van der Waals surface area contributed by atoms with E-state index in [1.54, 1.807) is 6.20 Å². The molecule has 1 aromatic carbocycles. The molecule has 2 aliphatic heterocycles. The molecule has 0 aliphatic carbocycles. The second-order valence-electron chi connectivity index (χ2n) is 8.77. The lowest BCUT2D eigenvalue weighted by atomic mass is 10.0. The van der Waals surface area contributed by atoms with E-state index in [1.807, 2.05) is 31.2 Å². The Bertz CT molecular complexity index is 1290. The third-order valence-corrected chi connectivity index (χ3v) is 7.26. The van der Waals surface area contributed by atoms with Crippen LogP contribution in [0, 0.1) is 11.3 Å². The van der Waals surface area contributed by atoms with E-state index in [-0.39, 0.29) is 12.1 Å². The van der Waals surface area contributed by atoms with Gasteiger partial charge in [0.1, 0.15) is 16.8 Å². The minimum atomic E-state index is -0.235. The predicted octanol–water partition coefficient (Wildman–Crippen LogP) is 3.40. The molecular weight excluding hydrogens is 476 g/mol. The van der Waals surface area contributed by atoms with Gasteiger partial charge in [0.25, 0.3) is 0 Å². The highest BCUT2D eigenvalue weighted by Gasteiger charge is 2.29. The van der Waals surface area contributed by atoms with Gasteiger partial charge in [0.05, 0.1) is 37.7 Å². The maximum Gasteiger partial charge on any atom is 0.319 e. The molecule has 0 spiro atoms. The normalized spacial score (nSPS) is 17.3. The second kappa shape index (κ2) is 10.5. The smallest absolute Gasteiger partial charge is 0.319 e. The van der Waals surface area contributed by atoms with Gasteiger partial charge in [0.15, 0.2) is 11.0 Å². The Morgan fingerprint density at radius 3 is 2.83 bits per heavy atom. The van der Waals surface area contributed by atoms with Crippen LogP contribution in [0.25, 0.3) is 11.4 Å². The van der Waals surface area contributed by atoms with Gasteiger partial charge in [-0.3, -0.25) is 0 Å². The van der Waals surface area contributed by atoms with Crippen LogP contribution in [0.15, 0.2) is 30.5 Å². The fourth-order valence-corrected chi connectivity index (χ4v) is 5.22. The number of hydrogen-bond donors (Lipinski definition) is 2. The minimum Gasteiger partial charge on any atom is -0.377 e. The van der Waals surface area contributed by atoms with Gasteiger partial charge in [0, 0.05) is 36.4 Å². The van der Waals surface area contributed by atoms with Gasteiger partial charge in [-0.1, -0.05) is 11.3 Å². The zero-order valence-corrected chi connectivity index (χ0v) is 21.1. The SMILES string of the molecule is CCNC(=O)Nc1ccc(-c2nc3c(c(N4CCOCC4C)n2)CCN(c2ncc(C#N)s2)C3)cc1. The zero-order chi connectivity index (χ0) is 25.1. The van der Waals surface area contributed by atoms with Crippen molar-refractivity contribution in [3.05, 3.63) is 46.6 Å². The Morgan fingerprint density at radius 2 is 2.11 bits per heavy atom. The Hall–Kier alpha value is -3.75. The molecule has 186 valence electrons. The number of hydrogen-bond acceptors (Lipinski definition) is 9. The summed E-state index contributed by atoms with van der Waals surface area (Å²) in [5.74, 6) is 1.61. The molecule has 0 saturated carbocycles. The first-order chi connectivity index (χ1) is 17.6. The summed E-state index contributed by atoms with van der Waals surface area (Å²) in [6, 6.07) is 9.72. The number of morpholine rings is 1. The van der Waals surface area contributed by atoms with Crippen LogP contribution in [-0.4, -0.2) is 59.9 Å². The molecule has 0 radical (unpaired) electrons. The number of benzene rings is 1. The quantitative estimate of drug-likeness (QED) is 0.543. The summed E-state index contributed by atoms with van der Waals surface area (Å²) in [5.41, 5.74) is 3.71. The van der Waals surface area contributed by atoms with Crippen LogP contribution in [0.2, 0.25) is 0 Å². The molecular formula is C25H28N8O2S. The van der Waals surface area contributed by atoms with E-state index < -0.39 is 0 Å². The molecule has 2 N–H and O–H groups in total. The summed E-state index contributed by atoms with van der Waals surface area (Å²) >= 11 is 1.40. The molecule has 3 aromatic rings. The van der Waals surface area contributed by atoms with Crippen LogP contribution in [-0.2, 0) is 17.7 Å². The van der Waals surface area contributed by atoms with Crippen molar-refractivity contribution in [2.45, 2.75) is 32.9 Å². The molecule has 11 heteroatoms. The van der Waals surface area contributed by atoms with Crippen LogP contribution in [0.5, 0.6) is 0 Å². The van der Waals surface area contributed by atoms with Crippen LogP contribution < -0.4 is 20.4 Å². The number of nitrogens with zero attached hydrogens (tertiary/aromatic N) is 6. The van der Waals surface area contributed by atoms with Crippen LogP contribution in [0.4, 0.5) is 21.4 Å². The number of nitriles is 1. The van der Waals surface area contributed by atoms with Crippen LogP contribution >= 0.6 is 11.3 Å². The van der Waals surface area contributed by atoms with E-state index in [9.17, 15) is 10.1 Å². The summed E-state index contributed by atoms with van der Waals surface area (Å²) in [5, 5.41) is 15.6. The molecule has 1 saturated heterocycles. The summed E-state index contributed by atoms with van der Waals surface area (Å²) in [4.78, 5) is 31.4. The fraction of sp³-hybridized carbons (Fsp3) is 0.400. The maximum absolute atomic E-state index is 11.9. The van der Waals surface area contributed by atoms with Crippen molar-refractivity contribution in [3.8, 4) is 17.5 Å². The van der Waals surface area contributed by atoms with E-state index >= 15 is 0 Å². The largest absolute Gasteiger partial charge is 0.377 e. The number of carbonyl (C=O) groups excluding carboxylic acids is 1. The highest BCUT2D eigenvalue weighted by Crippen LogP contribution is 2.34. The molecule has 0 bridgehead atoms. The average molecular weight is 505 g/mol.